The van der Waals surface area contributed by atoms with Gasteiger partial charge >= 0.3 is 6.09 Å². The van der Waals surface area contributed by atoms with E-state index in [1.807, 2.05) is 37.3 Å². The second-order valence-electron chi connectivity index (χ2n) is 4.03. The summed E-state index contributed by atoms with van der Waals surface area (Å²) >= 11 is 0. The summed E-state index contributed by atoms with van der Waals surface area (Å²) in [7, 11) is 0. The Balaban J connectivity index is 1.92. The molecule has 1 aromatic carbocycles. The van der Waals surface area contributed by atoms with Crippen molar-refractivity contribution in [2.45, 2.75) is 13.0 Å². The van der Waals surface area contributed by atoms with Gasteiger partial charge in [-0.15, -0.1) is 0 Å². The molecule has 0 fully saturated rings. The van der Waals surface area contributed by atoms with E-state index in [4.69, 9.17) is 10.2 Å². The number of benzene rings is 1. The van der Waals surface area contributed by atoms with E-state index in [2.05, 4.69) is 10.1 Å². The lowest BCUT2D eigenvalue weighted by atomic mass is 10.2. The molecule has 0 saturated carbocycles. The zero-order valence-electron chi connectivity index (χ0n) is 10.2. The minimum absolute atomic E-state index is 0.0499. The van der Waals surface area contributed by atoms with Crippen LogP contribution in [-0.2, 0) is 4.74 Å². The molecule has 1 heterocycles. The third-order valence-corrected chi connectivity index (χ3v) is 2.67. The van der Waals surface area contributed by atoms with E-state index in [0.717, 1.165) is 16.7 Å². The van der Waals surface area contributed by atoms with Gasteiger partial charge in [0.05, 0.1) is 6.04 Å². The Bertz CT molecular complexity index is 503. The maximum absolute atomic E-state index is 10.4. The first-order valence-corrected chi connectivity index (χ1v) is 5.81. The minimum atomic E-state index is -0.756. The Kier molecular flexibility index (Phi) is 3.84. The van der Waals surface area contributed by atoms with E-state index in [-0.39, 0.29) is 12.6 Å². The summed E-state index contributed by atoms with van der Waals surface area (Å²) in [5, 5.41) is 4.27. The third kappa shape index (κ3) is 3.01. The Morgan fingerprint density at radius 3 is 3.00 bits per heavy atom. The number of ether oxygens (including phenoxy) is 1. The van der Waals surface area contributed by atoms with Crippen LogP contribution in [0.15, 0.2) is 34.7 Å². The van der Waals surface area contributed by atoms with Gasteiger partial charge < -0.3 is 20.2 Å². The first kappa shape index (κ1) is 12.4. The number of rotatable bonds is 5. The van der Waals surface area contributed by atoms with E-state index in [9.17, 15) is 4.79 Å². The largest absolute Gasteiger partial charge is 0.459 e. The van der Waals surface area contributed by atoms with E-state index >= 15 is 0 Å². The van der Waals surface area contributed by atoms with Gasteiger partial charge in [0.25, 0.3) is 0 Å². The van der Waals surface area contributed by atoms with Gasteiger partial charge in [0.1, 0.15) is 18.0 Å². The topological polar surface area (TPSA) is 77.5 Å². The molecule has 5 heteroatoms. The summed E-state index contributed by atoms with van der Waals surface area (Å²) in [4.78, 5) is 10.4. The summed E-state index contributed by atoms with van der Waals surface area (Å²) in [5.41, 5.74) is 5.73. The minimum Gasteiger partial charge on any atom is -0.459 e. The van der Waals surface area contributed by atoms with Gasteiger partial charge in [0, 0.05) is 11.9 Å². The van der Waals surface area contributed by atoms with Crippen molar-refractivity contribution in [3.8, 4) is 0 Å². The highest BCUT2D eigenvalue weighted by Gasteiger charge is 2.10. The van der Waals surface area contributed by atoms with Crippen LogP contribution in [0, 0.1) is 0 Å². The quantitative estimate of drug-likeness (QED) is 0.795. The van der Waals surface area contributed by atoms with Gasteiger partial charge in [-0.25, -0.2) is 4.79 Å². The van der Waals surface area contributed by atoms with Crippen LogP contribution in [0.1, 0.15) is 18.7 Å². The molecule has 0 aliphatic rings. The van der Waals surface area contributed by atoms with E-state index < -0.39 is 6.09 Å². The molecule has 2 rings (SSSR count). The number of carbonyl (C=O) groups is 1. The van der Waals surface area contributed by atoms with Crippen molar-refractivity contribution in [2.24, 2.45) is 5.73 Å². The molecular formula is C13H16N2O3. The van der Waals surface area contributed by atoms with Crippen molar-refractivity contribution < 1.29 is 13.9 Å². The van der Waals surface area contributed by atoms with Crippen molar-refractivity contribution in [1.82, 2.24) is 5.32 Å². The molecule has 0 saturated heterocycles. The standard InChI is InChI=1S/C13H16N2O3/c1-9(15-6-7-17-13(14)16)12-8-10-4-2-3-5-11(10)18-12/h2-5,8-9,15H,6-7H2,1H3,(H2,14,16). The Hall–Kier alpha value is -2.01. The molecule has 0 aliphatic heterocycles. The molecule has 0 bridgehead atoms. The van der Waals surface area contributed by atoms with Gasteiger partial charge in [-0.2, -0.15) is 0 Å². The number of carbonyl (C=O) groups excluding carboxylic acids is 1. The average molecular weight is 248 g/mol. The van der Waals surface area contributed by atoms with Gasteiger partial charge in [-0.3, -0.25) is 0 Å². The fourth-order valence-electron chi connectivity index (χ4n) is 1.74. The fraction of sp³-hybridized carbons (Fsp3) is 0.308. The predicted octanol–water partition coefficient (Wildman–Crippen LogP) is 2.18. The van der Waals surface area contributed by atoms with Crippen LogP contribution in [0.25, 0.3) is 11.0 Å². The van der Waals surface area contributed by atoms with Crippen LogP contribution in [0.3, 0.4) is 0 Å². The number of fused-ring (bicyclic) bond motifs is 1. The van der Waals surface area contributed by atoms with Crippen molar-refractivity contribution in [2.75, 3.05) is 13.2 Å². The molecular weight excluding hydrogens is 232 g/mol. The Morgan fingerprint density at radius 2 is 2.28 bits per heavy atom. The van der Waals surface area contributed by atoms with Crippen LogP contribution in [-0.4, -0.2) is 19.2 Å². The van der Waals surface area contributed by atoms with Crippen molar-refractivity contribution in [3.05, 3.63) is 36.1 Å². The maximum atomic E-state index is 10.4. The number of amides is 1. The molecule has 1 aromatic heterocycles. The van der Waals surface area contributed by atoms with Crippen LogP contribution in [0.2, 0.25) is 0 Å². The highest BCUT2D eigenvalue weighted by atomic mass is 16.5. The summed E-state index contributed by atoms with van der Waals surface area (Å²) in [6.07, 6.45) is -0.756. The molecule has 1 unspecified atom stereocenters. The van der Waals surface area contributed by atoms with E-state index in [0.29, 0.717) is 6.54 Å². The number of hydrogen-bond acceptors (Lipinski definition) is 4. The first-order chi connectivity index (χ1) is 8.66. The number of furan rings is 1. The van der Waals surface area contributed by atoms with Gasteiger partial charge in [-0.05, 0) is 19.1 Å². The SMILES string of the molecule is CC(NCCOC(N)=O)c1cc2ccccc2o1. The normalized spacial score (nSPS) is 12.5. The molecule has 18 heavy (non-hydrogen) atoms. The number of nitrogens with one attached hydrogen (secondary N) is 1. The van der Waals surface area contributed by atoms with Crippen molar-refractivity contribution in [3.63, 3.8) is 0 Å². The average Bonchev–Trinajstić information content (AvgIpc) is 2.78. The lowest BCUT2D eigenvalue weighted by Gasteiger charge is -2.10. The summed E-state index contributed by atoms with van der Waals surface area (Å²) in [6.45, 7) is 2.77. The lowest BCUT2D eigenvalue weighted by molar-refractivity contribution is 0.156. The van der Waals surface area contributed by atoms with Crippen LogP contribution in [0.5, 0.6) is 0 Å². The van der Waals surface area contributed by atoms with E-state index in [1.54, 1.807) is 0 Å². The number of primary amides is 1. The summed E-state index contributed by atoms with van der Waals surface area (Å²) in [6, 6.07) is 9.90. The van der Waals surface area contributed by atoms with Gasteiger partial charge in [0.2, 0.25) is 0 Å². The summed E-state index contributed by atoms with van der Waals surface area (Å²) in [5.74, 6) is 0.857. The molecule has 1 atom stereocenters. The van der Waals surface area contributed by atoms with Gasteiger partial charge in [-0.1, -0.05) is 18.2 Å². The third-order valence-electron chi connectivity index (χ3n) is 2.67. The molecule has 3 N–H and O–H groups in total. The number of para-hydroxylation sites is 1. The summed E-state index contributed by atoms with van der Waals surface area (Å²) < 4.78 is 10.3. The number of nitrogens with two attached hydrogens (primary N) is 1. The smallest absolute Gasteiger partial charge is 0.404 e. The monoisotopic (exact) mass is 248 g/mol. The molecule has 2 aromatic rings. The molecule has 0 aliphatic carbocycles. The zero-order chi connectivity index (χ0) is 13.0. The van der Waals surface area contributed by atoms with Gasteiger partial charge in [0.15, 0.2) is 0 Å². The lowest BCUT2D eigenvalue weighted by Crippen LogP contribution is -2.25. The molecule has 0 spiro atoms. The van der Waals surface area contributed by atoms with Crippen LogP contribution >= 0.6 is 0 Å². The van der Waals surface area contributed by atoms with Crippen molar-refractivity contribution in [1.29, 1.82) is 0 Å². The Labute approximate surface area is 105 Å². The van der Waals surface area contributed by atoms with Crippen LogP contribution < -0.4 is 11.1 Å². The number of hydrogen-bond donors (Lipinski definition) is 2. The highest BCUT2D eigenvalue weighted by molar-refractivity contribution is 5.77. The Morgan fingerprint density at radius 1 is 1.50 bits per heavy atom. The van der Waals surface area contributed by atoms with Crippen LogP contribution in [0.4, 0.5) is 4.79 Å². The zero-order valence-corrected chi connectivity index (χ0v) is 10.2. The first-order valence-electron chi connectivity index (χ1n) is 5.81. The van der Waals surface area contributed by atoms with E-state index in [1.165, 1.54) is 0 Å². The molecule has 1 amide bonds. The predicted molar refractivity (Wildman–Crippen MR) is 68.2 cm³/mol. The molecule has 0 radical (unpaired) electrons. The van der Waals surface area contributed by atoms with Crippen molar-refractivity contribution >= 4 is 17.1 Å². The molecule has 5 nitrogen and oxygen atoms in total. The molecule has 96 valence electrons. The highest BCUT2D eigenvalue weighted by Crippen LogP contribution is 2.23. The maximum Gasteiger partial charge on any atom is 0.404 e. The fourth-order valence-corrected chi connectivity index (χ4v) is 1.74. The second-order valence-corrected chi connectivity index (χ2v) is 4.03. The second kappa shape index (κ2) is 5.55.